The summed E-state index contributed by atoms with van der Waals surface area (Å²) < 4.78 is 1.43. The maximum absolute atomic E-state index is 13.3. The van der Waals surface area contributed by atoms with Crippen LogP contribution in [-0.4, -0.2) is 78.3 Å². The Morgan fingerprint density at radius 1 is 1.15 bits per heavy atom. The first-order valence-electron chi connectivity index (χ1n) is 10.9. The van der Waals surface area contributed by atoms with Crippen LogP contribution in [0, 0.1) is 0 Å². The standard InChI is InChI=1S/C22H22N8O4/c1-22(15-5-4-6-16(10-15)30-13-24-26-27-30)20(33)29(21(34)25-22)12-18(31)14-9-17(23-11-14)19(32)28-7-2-3-8-28/h4-6,9-11,13,23H,2-3,7-8,12H2,1H3,(H,25,34). The number of carbonyl (C=O) groups is 4. The zero-order valence-electron chi connectivity index (χ0n) is 18.4. The summed E-state index contributed by atoms with van der Waals surface area (Å²) in [5.41, 5.74) is 0.317. The molecule has 0 radical (unpaired) electrons. The molecule has 4 amide bonds. The number of benzene rings is 1. The van der Waals surface area contributed by atoms with Crippen LogP contribution in [0.2, 0.25) is 0 Å². The van der Waals surface area contributed by atoms with E-state index >= 15 is 0 Å². The fourth-order valence-corrected chi connectivity index (χ4v) is 4.28. The van der Waals surface area contributed by atoms with E-state index in [1.165, 1.54) is 23.3 Å². The second kappa shape index (κ2) is 8.21. The summed E-state index contributed by atoms with van der Waals surface area (Å²) >= 11 is 0. The molecule has 0 aliphatic carbocycles. The van der Waals surface area contributed by atoms with Gasteiger partial charge in [0.2, 0.25) is 0 Å². The van der Waals surface area contributed by atoms with Crippen molar-refractivity contribution in [3.8, 4) is 5.69 Å². The highest BCUT2D eigenvalue weighted by atomic mass is 16.2. The summed E-state index contributed by atoms with van der Waals surface area (Å²) in [5, 5.41) is 13.7. The number of Topliss-reactive ketones (excluding diaryl/α,β-unsaturated/α-hetero) is 1. The number of likely N-dealkylation sites (tertiary alicyclic amines) is 1. The SMILES string of the molecule is CC1(c2cccc(-n3cnnn3)c2)NC(=O)N(CC(=O)c2c[nH]c(C(=O)N3CCCC3)c2)C1=O. The maximum atomic E-state index is 13.3. The normalized spacial score (nSPS) is 20.1. The highest BCUT2D eigenvalue weighted by molar-refractivity contribution is 6.11. The lowest BCUT2D eigenvalue weighted by atomic mass is 9.91. The number of hydrogen-bond acceptors (Lipinski definition) is 7. The predicted molar refractivity (Wildman–Crippen MR) is 117 cm³/mol. The second-order valence-corrected chi connectivity index (χ2v) is 8.48. The second-order valence-electron chi connectivity index (χ2n) is 8.48. The number of aromatic amines is 1. The summed E-state index contributed by atoms with van der Waals surface area (Å²) in [6.07, 6.45) is 4.77. The number of aromatic nitrogens is 5. The Bertz CT molecular complexity index is 1280. The number of nitrogens with zero attached hydrogens (tertiary/aromatic N) is 6. The van der Waals surface area contributed by atoms with Crippen LogP contribution in [-0.2, 0) is 10.3 Å². The van der Waals surface area contributed by atoms with Gasteiger partial charge in [0, 0.05) is 24.8 Å². The van der Waals surface area contributed by atoms with Crippen LogP contribution in [0.15, 0.2) is 42.9 Å². The number of H-pyrrole nitrogens is 1. The molecule has 12 nitrogen and oxygen atoms in total. The maximum Gasteiger partial charge on any atom is 0.325 e. The average Bonchev–Trinajstić information content (AvgIpc) is 3.65. The number of ketones is 1. The molecule has 2 fully saturated rings. The van der Waals surface area contributed by atoms with Gasteiger partial charge >= 0.3 is 6.03 Å². The van der Waals surface area contributed by atoms with Crippen molar-refractivity contribution >= 4 is 23.6 Å². The van der Waals surface area contributed by atoms with E-state index in [2.05, 4.69) is 25.8 Å². The molecule has 2 aliphatic rings. The molecule has 0 spiro atoms. The molecule has 2 aliphatic heterocycles. The van der Waals surface area contributed by atoms with Crippen molar-refractivity contribution in [1.29, 1.82) is 0 Å². The molecule has 4 heterocycles. The van der Waals surface area contributed by atoms with Gasteiger partial charge in [-0.25, -0.2) is 9.48 Å². The van der Waals surface area contributed by atoms with Crippen LogP contribution in [0.4, 0.5) is 4.79 Å². The molecule has 5 rings (SSSR count). The molecule has 174 valence electrons. The Balaban J connectivity index is 1.32. The van der Waals surface area contributed by atoms with Gasteiger partial charge in [0.15, 0.2) is 5.78 Å². The monoisotopic (exact) mass is 462 g/mol. The van der Waals surface area contributed by atoms with E-state index in [1.54, 1.807) is 36.1 Å². The Morgan fingerprint density at radius 3 is 2.68 bits per heavy atom. The Hall–Kier alpha value is -4.35. The molecule has 1 atom stereocenters. The number of hydrogen-bond donors (Lipinski definition) is 2. The molecule has 0 saturated carbocycles. The molecule has 34 heavy (non-hydrogen) atoms. The van der Waals surface area contributed by atoms with Gasteiger partial charge < -0.3 is 15.2 Å². The first kappa shape index (κ1) is 21.5. The molecule has 1 unspecified atom stereocenters. The summed E-state index contributed by atoms with van der Waals surface area (Å²) in [7, 11) is 0. The zero-order valence-corrected chi connectivity index (χ0v) is 18.4. The zero-order chi connectivity index (χ0) is 23.9. The fraction of sp³-hybridized carbons (Fsp3) is 0.318. The highest BCUT2D eigenvalue weighted by Gasteiger charge is 2.49. The number of tetrazole rings is 1. The van der Waals surface area contributed by atoms with Crippen molar-refractivity contribution in [2.75, 3.05) is 19.6 Å². The van der Waals surface area contributed by atoms with Gasteiger partial charge in [-0.15, -0.1) is 5.10 Å². The lowest BCUT2D eigenvalue weighted by Gasteiger charge is -2.22. The van der Waals surface area contributed by atoms with Gasteiger partial charge in [0.05, 0.1) is 12.2 Å². The Kier molecular flexibility index (Phi) is 5.19. The minimum atomic E-state index is -1.36. The van der Waals surface area contributed by atoms with Crippen molar-refractivity contribution in [2.24, 2.45) is 0 Å². The number of nitrogens with one attached hydrogen (secondary N) is 2. The first-order valence-corrected chi connectivity index (χ1v) is 10.9. The quantitative estimate of drug-likeness (QED) is 0.408. The minimum absolute atomic E-state index is 0.165. The van der Waals surface area contributed by atoms with Gasteiger partial charge in [-0.05, 0) is 54.0 Å². The van der Waals surface area contributed by atoms with Gasteiger partial charge in [0.1, 0.15) is 17.6 Å². The highest BCUT2D eigenvalue weighted by Crippen LogP contribution is 2.30. The molecule has 2 saturated heterocycles. The Morgan fingerprint density at radius 2 is 1.94 bits per heavy atom. The van der Waals surface area contributed by atoms with Crippen molar-refractivity contribution in [3.05, 3.63) is 59.7 Å². The van der Waals surface area contributed by atoms with Crippen LogP contribution < -0.4 is 5.32 Å². The smallest absolute Gasteiger partial charge is 0.325 e. The molecular formula is C22H22N8O4. The number of carbonyl (C=O) groups excluding carboxylic acids is 4. The molecule has 1 aromatic carbocycles. The summed E-state index contributed by atoms with van der Waals surface area (Å²) in [6, 6.07) is 7.69. The summed E-state index contributed by atoms with van der Waals surface area (Å²) in [4.78, 5) is 56.8. The third-order valence-corrected chi connectivity index (χ3v) is 6.24. The number of urea groups is 1. The van der Waals surface area contributed by atoms with E-state index in [9.17, 15) is 19.2 Å². The van der Waals surface area contributed by atoms with E-state index in [4.69, 9.17) is 0 Å². The number of imide groups is 1. The van der Waals surface area contributed by atoms with Crippen LogP contribution in [0.1, 0.15) is 46.2 Å². The van der Waals surface area contributed by atoms with Crippen molar-refractivity contribution in [2.45, 2.75) is 25.3 Å². The Labute approximate surface area is 193 Å². The van der Waals surface area contributed by atoms with E-state index in [1.807, 2.05) is 0 Å². The van der Waals surface area contributed by atoms with Gasteiger partial charge in [-0.3, -0.25) is 19.3 Å². The van der Waals surface area contributed by atoms with E-state index in [0.29, 0.717) is 30.0 Å². The molecule has 2 N–H and O–H groups in total. The summed E-state index contributed by atoms with van der Waals surface area (Å²) in [5.74, 6) is -1.17. The van der Waals surface area contributed by atoms with Gasteiger partial charge in [0.25, 0.3) is 11.8 Å². The largest absolute Gasteiger partial charge is 0.356 e. The van der Waals surface area contributed by atoms with E-state index in [0.717, 1.165) is 17.7 Å². The van der Waals surface area contributed by atoms with Crippen LogP contribution in [0.3, 0.4) is 0 Å². The topological polar surface area (TPSA) is 146 Å². The van der Waals surface area contributed by atoms with E-state index in [-0.39, 0.29) is 11.5 Å². The predicted octanol–water partition coefficient (Wildman–Crippen LogP) is 0.876. The van der Waals surface area contributed by atoms with Crippen LogP contribution in [0.5, 0.6) is 0 Å². The van der Waals surface area contributed by atoms with Crippen LogP contribution >= 0.6 is 0 Å². The number of rotatable bonds is 6. The van der Waals surface area contributed by atoms with E-state index < -0.39 is 29.8 Å². The van der Waals surface area contributed by atoms with Gasteiger partial charge in [-0.1, -0.05) is 12.1 Å². The average molecular weight is 462 g/mol. The van der Waals surface area contributed by atoms with Crippen molar-refractivity contribution in [1.82, 2.24) is 40.3 Å². The van der Waals surface area contributed by atoms with Gasteiger partial charge in [-0.2, -0.15) is 0 Å². The third kappa shape index (κ3) is 3.62. The van der Waals surface area contributed by atoms with Crippen molar-refractivity contribution < 1.29 is 19.2 Å². The first-order chi connectivity index (χ1) is 16.4. The molecule has 2 aromatic heterocycles. The molecule has 0 bridgehead atoms. The van der Waals surface area contributed by atoms with Crippen molar-refractivity contribution in [3.63, 3.8) is 0 Å². The third-order valence-electron chi connectivity index (χ3n) is 6.24. The van der Waals surface area contributed by atoms with Crippen LogP contribution in [0.25, 0.3) is 5.69 Å². The lowest BCUT2D eigenvalue weighted by Crippen LogP contribution is -2.41. The summed E-state index contributed by atoms with van der Waals surface area (Å²) in [6.45, 7) is 2.52. The number of amides is 4. The fourth-order valence-electron chi connectivity index (χ4n) is 4.28. The molecular weight excluding hydrogens is 440 g/mol. The minimum Gasteiger partial charge on any atom is -0.356 e. The lowest BCUT2D eigenvalue weighted by molar-refractivity contribution is -0.130. The molecule has 12 heteroatoms. The molecule has 3 aromatic rings.